The molecule has 0 N–H and O–H groups in total. The van der Waals surface area contributed by atoms with Crippen LogP contribution in [-0.2, 0) is 21.4 Å². The minimum Gasteiger partial charge on any atom is -0.347 e. The predicted molar refractivity (Wildman–Crippen MR) is 84.3 cm³/mol. The highest BCUT2D eigenvalue weighted by molar-refractivity contribution is 5.27. The van der Waals surface area contributed by atoms with Gasteiger partial charge in [0.15, 0.2) is 5.79 Å². The Morgan fingerprint density at radius 3 is 2.10 bits per heavy atom. The standard InChI is InChI=1S/C18H27NO2/c1-17(2,3)16-6-4-15(5-7-16)14-19-10-8-18(9-11-19)20-12-13-21-18/h4-7H,8-14H2,1-3H3. The maximum absolute atomic E-state index is 5.78. The maximum Gasteiger partial charge on any atom is 0.170 e. The summed E-state index contributed by atoms with van der Waals surface area (Å²) in [4.78, 5) is 2.50. The van der Waals surface area contributed by atoms with E-state index in [4.69, 9.17) is 9.47 Å². The number of likely N-dealkylation sites (tertiary alicyclic amines) is 1. The number of rotatable bonds is 2. The Kier molecular flexibility index (Phi) is 4.08. The van der Waals surface area contributed by atoms with E-state index in [-0.39, 0.29) is 11.2 Å². The molecule has 2 aliphatic rings. The molecule has 116 valence electrons. The van der Waals surface area contributed by atoms with E-state index in [0.29, 0.717) is 0 Å². The lowest BCUT2D eigenvalue weighted by Crippen LogP contribution is -2.44. The second-order valence-electron chi connectivity index (χ2n) is 7.33. The van der Waals surface area contributed by atoms with Crippen LogP contribution in [-0.4, -0.2) is 37.0 Å². The monoisotopic (exact) mass is 289 g/mol. The van der Waals surface area contributed by atoms with Crippen molar-refractivity contribution in [2.24, 2.45) is 0 Å². The number of piperidine rings is 1. The fraction of sp³-hybridized carbons (Fsp3) is 0.667. The van der Waals surface area contributed by atoms with Crippen molar-refractivity contribution in [1.82, 2.24) is 4.90 Å². The minimum absolute atomic E-state index is 0.229. The van der Waals surface area contributed by atoms with Crippen LogP contribution in [0, 0.1) is 0 Å². The van der Waals surface area contributed by atoms with E-state index in [1.54, 1.807) is 0 Å². The largest absolute Gasteiger partial charge is 0.347 e. The average molecular weight is 289 g/mol. The van der Waals surface area contributed by atoms with Crippen LogP contribution in [0.15, 0.2) is 24.3 Å². The highest BCUT2D eigenvalue weighted by Gasteiger charge is 2.39. The zero-order valence-electron chi connectivity index (χ0n) is 13.5. The first-order chi connectivity index (χ1) is 9.97. The van der Waals surface area contributed by atoms with Gasteiger partial charge in [-0.25, -0.2) is 0 Å². The molecule has 0 amide bonds. The second kappa shape index (κ2) is 5.71. The van der Waals surface area contributed by atoms with Crippen LogP contribution in [0.25, 0.3) is 0 Å². The summed E-state index contributed by atoms with van der Waals surface area (Å²) < 4.78 is 11.6. The highest BCUT2D eigenvalue weighted by atomic mass is 16.7. The fourth-order valence-electron chi connectivity index (χ4n) is 3.21. The Balaban J connectivity index is 1.55. The van der Waals surface area contributed by atoms with Gasteiger partial charge < -0.3 is 9.47 Å². The molecule has 2 aliphatic heterocycles. The van der Waals surface area contributed by atoms with Crippen LogP contribution in [0.5, 0.6) is 0 Å². The molecule has 2 saturated heterocycles. The van der Waals surface area contributed by atoms with Crippen molar-refractivity contribution in [1.29, 1.82) is 0 Å². The SMILES string of the molecule is CC(C)(C)c1ccc(CN2CCC3(CC2)OCCO3)cc1. The Hall–Kier alpha value is -0.900. The summed E-state index contributed by atoms with van der Waals surface area (Å²) in [5, 5.41) is 0. The van der Waals surface area contributed by atoms with Gasteiger partial charge in [0.2, 0.25) is 0 Å². The van der Waals surface area contributed by atoms with Crippen molar-refractivity contribution >= 4 is 0 Å². The van der Waals surface area contributed by atoms with Gasteiger partial charge in [0.1, 0.15) is 0 Å². The van der Waals surface area contributed by atoms with E-state index in [9.17, 15) is 0 Å². The Morgan fingerprint density at radius 2 is 1.57 bits per heavy atom. The van der Waals surface area contributed by atoms with Gasteiger partial charge in [-0.05, 0) is 16.5 Å². The Bertz CT molecular complexity index is 459. The third-order valence-corrected chi connectivity index (χ3v) is 4.66. The average Bonchev–Trinajstić information content (AvgIpc) is 2.90. The van der Waals surface area contributed by atoms with Gasteiger partial charge in [0, 0.05) is 32.5 Å². The first-order valence-electron chi connectivity index (χ1n) is 8.07. The minimum atomic E-state index is -0.257. The zero-order valence-corrected chi connectivity index (χ0v) is 13.5. The summed E-state index contributed by atoms with van der Waals surface area (Å²) in [6.45, 7) is 11.4. The lowest BCUT2D eigenvalue weighted by molar-refractivity contribution is -0.185. The predicted octanol–water partition coefficient (Wildman–Crippen LogP) is 3.32. The van der Waals surface area contributed by atoms with Crippen LogP contribution in [0.2, 0.25) is 0 Å². The molecular formula is C18H27NO2. The fourth-order valence-corrected chi connectivity index (χ4v) is 3.21. The lowest BCUT2D eigenvalue weighted by Gasteiger charge is -2.37. The molecule has 0 aromatic heterocycles. The molecule has 0 aliphatic carbocycles. The zero-order chi connectivity index (χ0) is 14.9. The van der Waals surface area contributed by atoms with Gasteiger partial charge in [-0.1, -0.05) is 45.0 Å². The van der Waals surface area contributed by atoms with Crippen molar-refractivity contribution in [2.75, 3.05) is 26.3 Å². The van der Waals surface area contributed by atoms with Crippen molar-refractivity contribution in [3.05, 3.63) is 35.4 Å². The van der Waals surface area contributed by atoms with E-state index in [0.717, 1.165) is 45.7 Å². The van der Waals surface area contributed by atoms with Gasteiger partial charge in [-0.15, -0.1) is 0 Å². The molecule has 0 atom stereocenters. The molecule has 3 nitrogen and oxygen atoms in total. The second-order valence-corrected chi connectivity index (χ2v) is 7.33. The molecule has 21 heavy (non-hydrogen) atoms. The molecule has 1 aromatic rings. The smallest absolute Gasteiger partial charge is 0.170 e. The summed E-state index contributed by atoms with van der Waals surface area (Å²) in [5.74, 6) is -0.257. The van der Waals surface area contributed by atoms with Crippen molar-refractivity contribution in [3.8, 4) is 0 Å². The van der Waals surface area contributed by atoms with Crippen LogP contribution >= 0.6 is 0 Å². The van der Waals surface area contributed by atoms with E-state index < -0.39 is 0 Å². The number of nitrogens with zero attached hydrogens (tertiary/aromatic N) is 1. The molecule has 0 radical (unpaired) electrons. The van der Waals surface area contributed by atoms with Gasteiger partial charge in [0.25, 0.3) is 0 Å². The summed E-state index contributed by atoms with van der Waals surface area (Å²) >= 11 is 0. The van der Waals surface area contributed by atoms with Gasteiger partial charge in [0.05, 0.1) is 13.2 Å². The molecule has 1 spiro atoms. The van der Waals surface area contributed by atoms with Crippen molar-refractivity contribution < 1.29 is 9.47 Å². The van der Waals surface area contributed by atoms with Gasteiger partial charge in [-0.3, -0.25) is 4.90 Å². The van der Waals surface area contributed by atoms with Gasteiger partial charge in [-0.2, -0.15) is 0 Å². The third-order valence-electron chi connectivity index (χ3n) is 4.66. The van der Waals surface area contributed by atoms with Crippen LogP contribution in [0.1, 0.15) is 44.7 Å². The Morgan fingerprint density at radius 1 is 1.00 bits per heavy atom. The molecule has 0 bridgehead atoms. The number of benzene rings is 1. The summed E-state index contributed by atoms with van der Waals surface area (Å²) in [7, 11) is 0. The van der Waals surface area contributed by atoms with E-state index in [1.807, 2.05) is 0 Å². The number of hydrogen-bond acceptors (Lipinski definition) is 3. The molecule has 0 unspecified atom stereocenters. The first-order valence-corrected chi connectivity index (χ1v) is 8.07. The Labute approximate surface area is 128 Å². The molecule has 2 heterocycles. The topological polar surface area (TPSA) is 21.7 Å². The van der Waals surface area contributed by atoms with Crippen LogP contribution < -0.4 is 0 Å². The molecule has 0 saturated carbocycles. The van der Waals surface area contributed by atoms with E-state index in [1.165, 1.54) is 11.1 Å². The molecule has 2 fully saturated rings. The van der Waals surface area contributed by atoms with Crippen LogP contribution in [0.4, 0.5) is 0 Å². The normalized spacial score (nSPS) is 22.8. The third kappa shape index (κ3) is 3.47. The summed E-state index contributed by atoms with van der Waals surface area (Å²) in [5.41, 5.74) is 3.02. The van der Waals surface area contributed by atoms with Gasteiger partial charge >= 0.3 is 0 Å². The lowest BCUT2D eigenvalue weighted by atomic mass is 9.86. The number of ether oxygens (including phenoxy) is 2. The van der Waals surface area contributed by atoms with Crippen molar-refractivity contribution in [3.63, 3.8) is 0 Å². The van der Waals surface area contributed by atoms with E-state index >= 15 is 0 Å². The first kappa shape index (κ1) is 15.0. The number of hydrogen-bond donors (Lipinski definition) is 0. The molecule has 1 aromatic carbocycles. The van der Waals surface area contributed by atoms with Crippen molar-refractivity contribution in [2.45, 2.75) is 51.4 Å². The molecule has 3 rings (SSSR count). The molecular weight excluding hydrogens is 262 g/mol. The summed E-state index contributed by atoms with van der Waals surface area (Å²) in [6, 6.07) is 9.08. The molecule has 3 heteroatoms. The van der Waals surface area contributed by atoms with E-state index in [2.05, 4.69) is 49.9 Å². The van der Waals surface area contributed by atoms with Crippen LogP contribution in [0.3, 0.4) is 0 Å². The maximum atomic E-state index is 5.78. The highest BCUT2D eigenvalue weighted by Crippen LogP contribution is 2.31. The summed E-state index contributed by atoms with van der Waals surface area (Å²) in [6.07, 6.45) is 1.99. The quantitative estimate of drug-likeness (QED) is 0.833.